The van der Waals surface area contributed by atoms with Crippen LogP contribution in [-0.4, -0.2) is 60.6 Å². The third kappa shape index (κ3) is 6.17. The summed E-state index contributed by atoms with van der Waals surface area (Å²) in [7, 11) is 1.69. The van der Waals surface area contributed by atoms with Crippen LogP contribution in [0.1, 0.15) is 55.6 Å². The van der Waals surface area contributed by atoms with Crippen molar-refractivity contribution in [3.8, 4) is 5.88 Å². The van der Waals surface area contributed by atoms with Crippen molar-refractivity contribution in [3.05, 3.63) is 53.5 Å². The zero-order valence-electron chi connectivity index (χ0n) is 20.8. The lowest BCUT2D eigenvalue weighted by Crippen LogP contribution is -2.52. The van der Waals surface area contributed by atoms with Gasteiger partial charge >= 0.3 is 0 Å². The fraction of sp³-hybridized carbons (Fsp3) is 0.462. The number of ether oxygens (including phenoxy) is 3. The third-order valence-corrected chi connectivity index (χ3v) is 6.31. The molecule has 1 aromatic heterocycles. The molecule has 9 nitrogen and oxygen atoms in total. The fourth-order valence-electron chi connectivity index (χ4n) is 3.95. The van der Waals surface area contributed by atoms with Crippen molar-refractivity contribution in [2.24, 2.45) is 0 Å². The predicted molar refractivity (Wildman–Crippen MR) is 134 cm³/mol. The van der Waals surface area contributed by atoms with Crippen LogP contribution in [0.4, 0.5) is 10.1 Å². The molecule has 0 atom stereocenters. The number of carbonyl (C=O) groups excluding carboxylic acids is 1. The molecule has 0 radical (unpaired) electrons. The molecule has 4 rings (SSSR count). The van der Waals surface area contributed by atoms with Crippen LogP contribution in [0.3, 0.4) is 0 Å². The first-order valence-electron chi connectivity index (χ1n) is 12.0. The Labute approximate surface area is 210 Å². The van der Waals surface area contributed by atoms with Crippen LogP contribution in [0.2, 0.25) is 0 Å². The van der Waals surface area contributed by atoms with Crippen molar-refractivity contribution in [2.75, 3.05) is 25.1 Å². The molecule has 3 N–H and O–H groups in total. The van der Waals surface area contributed by atoms with Crippen molar-refractivity contribution < 1.29 is 23.4 Å². The third-order valence-electron chi connectivity index (χ3n) is 6.31. The summed E-state index contributed by atoms with van der Waals surface area (Å²) >= 11 is 0. The second-order valence-electron chi connectivity index (χ2n) is 9.83. The zero-order chi connectivity index (χ0) is 25.9. The Kier molecular flexibility index (Phi) is 7.53. The van der Waals surface area contributed by atoms with Gasteiger partial charge in [-0.2, -0.15) is 0 Å². The molecule has 0 unspecified atom stereocenters. The van der Waals surface area contributed by atoms with Crippen LogP contribution >= 0.6 is 0 Å². The van der Waals surface area contributed by atoms with Crippen molar-refractivity contribution in [3.63, 3.8) is 0 Å². The summed E-state index contributed by atoms with van der Waals surface area (Å²) < 4.78 is 29.9. The highest BCUT2D eigenvalue weighted by molar-refractivity contribution is 5.99. The smallest absolute Gasteiger partial charge is 0.270 e. The molecule has 1 aliphatic heterocycles. The quantitative estimate of drug-likeness (QED) is 0.357. The fourth-order valence-corrected chi connectivity index (χ4v) is 3.95. The summed E-state index contributed by atoms with van der Waals surface area (Å²) in [6.45, 7) is 5.00. The number of rotatable bonds is 9. The number of methoxy groups -OCH3 is 1. The Morgan fingerprint density at radius 2 is 1.83 bits per heavy atom. The normalized spacial score (nSPS) is 16.1. The Balaban J connectivity index is 1.39. The van der Waals surface area contributed by atoms with Gasteiger partial charge in [0.25, 0.3) is 5.91 Å². The highest BCUT2D eigenvalue weighted by Gasteiger charge is 2.32. The summed E-state index contributed by atoms with van der Waals surface area (Å²) in [5.41, 5.74) is 0.567. The molecule has 36 heavy (non-hydrogen) atoms. The van der Waals surface area contributed by atoms with Gasteiger partial charge in [0.05, 0.1) is 6.10 Å². The molecule has 0 bridgehead atoms. The van der Waals surface area contributed by atoms with E-state index in [0.717, 1.165) is 38.0 Å². The molecule has 0 spiro atoms. The van der Waals surface area contributed by atoms with E-state index in [1.54, 1.807) is 27.0 Å². The van der Waals surface area contributed by atoms with E-state index in [2.05, 4.69) is 15.2 Å². The lowest BCUT2D eigenvalue weighted by molar-refractivity contribution is 0.0765. The number of hydrogen-bond acceptors (Lipinski definition) is 8. The van der Waals surface area contributed by atoms with Crippen LogP contribution in [0.25, 0.3) is 0 Å². The van der Waals surface area contributed by atoms with Crippen LogP contribution in [0, 0.1) is 16.6 Å². The van der Waals surface area contributed by atoms with Gasteiger partial charge in [0.15, 0.2) is 5.90 Å². The number of halogens is 1. The number of amides is 1. The second kappa shape index (κ2) is 10.6. The number of nitrogens with zero attached hydrogens (tertiary/aromatic N) is 2. The Morgan fingerprint density at radius 1 is 1.14 bits per heavy atom. The molecule has 1 amide bonds. The SMILES string of the molecule is COC1CN(c2ccc(C(=O)NC(C)(C)CC(=N)OC(=N)c3ccc(F)cc3)nc2OC2CCC2)C1. The lowest BCUT2D eigenvalue weighted by Gasteiger charge is -2.40. The molecule has 2 fully saturated rings. The number of hydrogen-bond donors (Lipinski definition) is 3. The first-order chi connectivity index (χ1) is 17.1. The first-order valence-corrected chi connectivity index (χ1v) is 12.0. The first kappa shape index (κ1) is 25.6. The molecule has 2 aromatic rings. The summed E-state index contributed by atoms with van der Waals surface area (Å²) in [5, 5.41) is 19.0. The molecule has 1 aromatic carbocycles. The number of pyridine rings is 1. The van der Waals surface area contributed by atoms with E-state index >= 15 is 0 Å². The minimum Gasteiger partial charge on any atom is -0.473 e. The topological polar surface area (TPSA) is 121 Å². The zero-order valence-corrected chi connectivity index (χ0v) is 20.8. The van der Waals surface area contributed by atoms with Crippen molar-refractivity contribution in [1.82, 2.24) is 10.3 Å². The summed E-state index contributed by atoms with van der Waals surface area (Å²) in [6, 6.07) is 8.78. The maximum atomic E-state index is 13.1. The largest absolute Gasteiger partial charge is 0.473 e. The number of aromatic nitrogens is 1. The van der Waals surface area contributed by atoms with E-state index < -0.39 is 17.3 Å². The van der Waals surface area contributed by atoms with Crippen LogP contribution in [0.15, 0.2) is 36.4 Å². The molecule has 1 saturated carbocycles. The molecular weight excluding hydrogens is 465 g/mol. The van der Waals surface area contributed by atoms with Gasteiger partial charge < -0.3 is 24.4 Å². The minimum atomic E-state index is -0.851. The molecule has 2 aliphatic rings. The van der Waals surface area contributed by atoms with Gasteiger partial charge in [-0.1, -0.05) is 0 Å². The average molecular weight is 498 g/mol. The molecule has 10 heteroatoms. The second-order valence-corrected chi connectivity index (χ2v) is 9.83. The lowest BCUT2D eigenvalue weighted by atomic mass is 9.96. The Morgan fingerprint density at radius 3 is 2.44 bits per heavy atom. The van der Waals surface area contributed by atoms with Gasteiger partial charge in [-0.15, -0.1) is 0 Å². The van der Waals surface area contributed by atoms with E-state index in [9.17, 15) is 9.18 Å². The monoisotopic (exact) mass is 497 g/mol. The van der Waals surface area contributed by atoms with Crippen molar-refractivity contribution >= 4 is 23.4 Å². The van der Waals surface area contributed by atoms with Crippen LogP contribution in [0.5, 0.6) is 5.88 Å². The van der Waals surface area contributed by atoms with E-state index in [1.165, 1.54) is 24.3 Å². The van der Waals surface area contributed by atoms with Gasteiger partial charge in [0, 0.05) is 37.7 Å². The number of benzene rings is 1. The number of nitrogens with one attached hydrogen (secondary N) is 3. The number of carbonyl (C=O) groups is 1. The van der Waals surface area contributed by atoms with Crippen molar-refractivity contribution in [1.29, 1.82) is 10.8 Å². The van der Waals surface area contributed by atoms with E-state index in [0.29, 0.717) is 11.4 Å². The minimum absolute atomic E-state index is 0.0397. The summed E-state index contributed by atoms with van der Waals surface area (Å²) in [4.78, 5) is 19.7. The standard InChI is InChI=1S/C26H32FN5O4/c1-26(2,13-22(28)36-23(29)16-7-9-17(27)10-8-16)31-24(33)20-11-12-21(32-14-19(15-32)34-3)25(30-20)35-18-5-4-6-18/h7-12,18-19,28-29H,4-6,13-15H2,1-3H3,(H,31,33). The highest BCUT2D eigenvalue weighted by Crippen LogP contribution is 2.34. The van der Waals surface area contributed by atoms with Gasteiger partial charge in [0.2, 0.25) is 11.8 Å². The van der Waals surface area contributed by atoms with Gasteiger partial charge in [-0.05, 0) is 69.5 Å². The van der Waals surface area contributed by atoms with Gasteiger partial charge in [0.1, 0.15) is 23.3 Å². The maximum Gasteiger partial charge on any atom is 0.270 e. The van der Waals surface area contributed by atoms with Gasteiger partial charge in [-0.3, -0.25) is 15.6 Å². The highest BCUT2D eigenvalue weighted by atomic mass is 19.1. The van der Waals surface area contributed by atoms with Crippen LogP contribution < -0.4 is 15.0 Å². The van der Waals surface area contributed by atoms with E-state index in [-0.39, 0.29) is 36.1 Å². The summed E-state index contributed by atoms with van der Waals surface area (Å²) in [6.07, 6.45) is 3.39. The van der Waals surface area contributed by atoms with Crippen LogP contribution in [-0.2, 0) is 9.47 Å². The van der Waals surface area contributed by atoms with Crippen molar-refractivity contribution in [2.45, 2.75) is 57.3 Å². The average Bonchev–Trinajstić information content (AvgIpc) is 2.75. The Bertz CT molecular complexity index is 1130. The molecule has 1 aliphatic carbocycles. The molecule has 192 valence electrons. The van der Waals surface area contributed by atoms with E-state index in [1.807, 2.05) is 6.07 Å². The maximum absolute atomic E-state index is 13.1. The molecular formula is C26H32FN5O4. The Hall–Kier alpha value is -3.53. The van der Waals surface area contributed by atoms with E-state index in [4.69, 9.17) is 25.0 Å². The number of anilines is 1. The van der Waals surface area contributed by atoms with Gasteiger partial charge in [-0.25, -0.2) is 9.37 Å². The molecule has 2 heterocycles. The summed E-state index contributed by atoms with van der Waals surface area (Å²) in [5.74, 6) is -0.831. The predicted octanol–water partition coefficient (Wildman–Crippen LogP) is 3.90. The molecule has 1 saturated heterocycles.